The van der Waals surface area contributed by atoms with E-state index < -0.39 is 29.7 Å². The third-order valence-electron chi connectivity index (χ3n) is 4.47. The summed E-state index contributed by atoms with van der Waals surface area (Å²) in [5.74, 6) is 0.397. The van der Waals surface area contributed by atoms with E-state index in [4.69, 9.17) is 73.0 Å². The number of ether oxygens (including phenoxy) is 4. The number of benzene rings is 4. The first-order valence-electron chi connectivity index (χ1n) is 12.3. The molecule has 0 radical (unpaired) electrons. The summed E-state index contributed by atoms with van der Waals surface area (Å²) in [7, 11) is 0. The van der Waals surface area contributed by atoms with Gasteiger partial charge in [0.2, 0.25) is 0 Å². The Bertz CT molecular complexity index is 1750. The van der Waals surface area contributed by atoms with Gasteiger partial charge in [-0.1, -0.05) is 24.3 Å². The van der Waals surface area contributed by atoms with Crippen LogP contribution in [0.25, 0.3) is 0 Å². The van der Waals surface area contributed by atoms with Crippen molar-refractivity contribution in [1.29, 1.82) is 0 Å². The highest BCUT2D eigenvalue weighted by Gasteiger charge is 2.19. The SMILES string of the molecule is O=C(Oc1cccc(O)c1)Oc1cccc(O)c1.O=C(Oc1cccc(OP(=O)(Cl)Cl)c1)Oc1cccc(OP(=O)(Cl)Cl)c1.O=P(Cl)(Cl)Cl. The van der Waals surface area contributed by atoms with Crippen LogP contribution in [0.5, 0.6) is 46.0 Å². The fourth-order valence-electron chi connectivity index (χ4n) is 2.95. The molecule has 0 heterocycles. The highest BCUT2D eigenvalue weighted by atomic mass is 36.0. The molecule has 0 amide bonds. The quantitative estimate of drug-likeness (QED) is 0.0970. The smallest absolute Gasteiger partial charge is 0.508 e. The minimum absolute atomic E-state index is 0.0161. The van der Waals surface area contributed by atoms with Gasteiger partial charge in [-0.2, -0.15) is 0 Å². The normalized spacial score (nSPS) is 10.9. The van der Waals surface area contributed by atoms with Crippen LogP contribution >= 0.6 is 96.0 Å². The van der Waals surface area contributed by atoms with Gasteiger partial charge in [-0.25, -0.2) is 18.7 Å². The maximum atomic E-state index is 11.8. The molecule has 264 valence electrons. The number of phenolic OH excluding ortho intramolecular Hbond substituents is 2. The molecular formula is C26H18Cl7O13P3. The summed E-state index contributed by atoms with van der Waals surface area (Å²) in [4.78, 5) is 23.2. The summed E-state index contributed by atoms with van der Waals surface area (Å²) < 4.78 is 61.1. The summed E-state index contributed by atoms with van der Waals surface area (Å²) in [5.41, 5.74) is 0. The second-order valence-electron chi connectivity index (χ2n) is 8.26. The maximum Gasteiger partial charge on any atom is 0.519 e. The number of rotatable bonds is 8. The monoisotopic (exact) mass is 876 g/mol. The van der Waals surface area contributed by atoms with E-state index in [2.05, 4.69) is 33.7 Å². The Hall–Kier alpha value is -2.66. The molecule has 0 atom stereocenters. The third-order valence-corrected chi connectivity index (χ3v) is 6.15. The van der Waals surface area contributed by atoms with E-state index in [0.29, 0.717) is 0 Å². The van der Waals surface area contributed by atoms with Crippen LogP contribution in [0.3, 0.4) is 0 Å². The van der Waals surface area contributed by atoms with E-state index in [1.165, 1.54) is 97.1 Å². The van der Waals surface area contributed by atoms with E-state index >= 15 is 0 Å². The molecule has 0 unspecified atom stereocenters. The molecule has 4 aromatic carbocycles. The maximum absolute atomic E-state index is 11.8. The molecule has 0 saturated carbocycles. The van der Waals surface area contributed by atoms with Crippen molar-refractivity contribution in [2.45, 2.75) is 0 Å². The second-order valence-corrected chi connectivity index (χ2v) is 23.3. The number of carbonyl (C=O) groups is 2. The van der Waals surface area contributed by atoms with Gasteiger partial charge in [0.1, 0.15) is 46.0 Å². The summed E-state index contributed by atoms with van der Waals surface area (Å²) in [6.07, 6.45) is -9.66. The summed E-state index contributed by atoms with van der Waals surface area (Å²) in [6, 6.07) is 22.6. The minimum Gasteiger partial charge on any atom is -0.508 e. The molecule has 0 fully saturated rings. The molecular weight excluding hydrogens is 861 g/mol. The molecule has 49 heavy (non-hydrogen) atoms. The molecule has 0 saturated heterocycles. The fourth-order valence-corrected chi connectivity index (χ4v) is 4.63. The second kappa shape index (κ2) is 19.7. The molecule has 0 aliphatic rings. The average molecular weight is 880 g/mol. The zero-order valence-electron chi connectivity index (χ0n) is 23.6. The number of hydrogen-bond acceptors (Lipinski definition) is 13. The van der Waals surface area contributed by atoms with Crippen LogP contribution in [0.15, 0.2) is 97.1 Å². The largest absolute Gasteiger partial charge is 0.519 e. The number of hydrogen-bond donors (Lipinski definition) is 2. The van der Waals surface area contributed by atoms with Crippen molar-refractivity contribution in [1.82, 2.24) is 0 Å². The van der Waals surface area contributed by atoms with E-state index in [-0.39, 0.29) is 46.0 Å². The highest BCUT2D eigenvalue weighted by Crippen LogP contribution is 2.61. The molecule has 13 nitrogen and oxygen atoms in total. The van der Waals surface area contributed by atoms with Gasteiger partial charge in [0.05, 0.1) is 0 Å². The van der Waals surface area contributed by atoms with Crippen LogP contribution in [0.2, 0.25) is 0 Å². The lowest BCUT2D eigenvalue weighted by atomic mass is 10.3. The van der Waals surface area contributed by atoms with Crippen molar-refractivity contribution in [3.63, 3.8) is 0 Å². The first-order chi connectivity index (χ1) is 22.6. The Morgan fingerprint density at radius 3 is 0.959 bits per heavy atom. The van der Waals surface area contributed by atoms with Crippen molar-refractivity contribution < 1.29 is 61.5 Å². The summed E-state index contributed by atoms with van der Waals surface area (Å²) >= 11 is 35.1. The first kappa shape index (κ1) is 42.5. The number of aromatic hydroxyl groups is 2. The van der Waals surface area contributed by atoms with Gasteiger partial charge < -0.3 is 38.2 Å². The van der Waals surface area contributed by atoms with Crippen LogP contribution < -0.4 is 28.0 Å². The van der Waals surface area contributed by atoms with Crippen LogP contribution in [-0.2, 0) is 13.7 Å². The zero-order chi connectivity index (χ0) is 36.8. The lowest BCUT2D eigenvalue weighted by Crippen LogP contribution is -2.13. The van der Waals surface area contributed by atoms with Gasteiger partial charge in [-0.3, -0.25) is 4.57 Å². The highest BCUT2D eigenvalue weighted by molar-refractivity contribution is 8.24. The Morgan fingerprint density at radius 1 is 0.449 bits per heavy atom. The number of carbonyl (C=O) groups excluding carboxylic acids is 2. The van der Waals surface area contributed by atoms with Gasteiger partial charge in [0.25, 0.3) is 0 Å². The molecule has 4 aromatic rings. The molecule has 23 heteroatoms. The van der Waals surface area contributed by atoms with E-state index in [0.717, 1.165) is 0 Å². The minimum atomic E-state index is -3.80. The molecule has 4 rings (SSSR count). The van der Waals surface area contributed by atoms with Crippen LogP contribution in [0, 0.1) is 0 Å². The lowest BCUT2D eigenvalue weighted by Gasteiger charge is -2.10. The van der Waals surface area contributed by atoms with Gasteiger partial charge in [-0.15, -0.1) is 0 Å². The van der Waals surface area contributed by atoms with Gasteiger partial charge in [0.15, 0.2) is 0 Å². The van der Waals surface area contributed by atoms with E-state index in [9.17, 15) is 33.5 Å². The lowest BCUT2D eigenvalue weighted by molar-refractivity contribution is 0.150. The topological polar surface area (TPSA) is 181 Å². The molecule has 0 aliphatic heterocycles. The van der Waals surface area contributed by atoms with Gasteiger partial charge >= 0.3 is 29.7 Å². The Balaban J connectivity index is 0.000000313. The Morgan fingerprint density at radius 2 is 0.694 bits per heavy atom. The van der Waals surface area contributed by atoms with Crippen molar-refractivity contribution >= 4 is 108 Å². The first-order valence-corrected chi connectivity index (χ1v) is 23.6. The third kappa shape index (κ3) is 21.2. The van der Waals surface area contributed by atoms with Gasteiger partial charge in [-0.05, 0) is 82.3 Å². The van der Waals surface area contributed by atoms with E-state index in [1.807, 2.05) is 0 Å². The molecule has 2 N–H and O–H groups in total. The van der Waals surface area contributed by atoms with Crippen molar-refractivity contribution in [3.05, 3.63) is 97.1 Å². The summed E-state index contributed by atoms with van der Waals surface area (Å²) in [6.45, 7) is 0. The molecule has 0 spiro atoms. The summed E-state index contributed by atoms with van der Waals surface area (Å²) in [5, 5.41) is 15.2. The Labute approximate surface area is 311 Å². The predicted octanol–water partition coefficient (Wildman–Crippen LogP) is 12.7. The number of phenols is 2. The van der Waals surface area contributed by atoms with Crippen LogP contribution in [0.4, 0.5) is 9.59 Å². The van der Waals surface area contributed by atoms with E-state index in [1.54, 1.807) is 0 Å². The van der Waals surface area contributed by atoms with Crippen molar-refractivity contribution in [2.24, 2.45) is 0 Å². The van der Waals surface area contributed by atoms with Crippen molar-refractivity contribution in [2.75, 3.05) is 0 Å². The number of halogens is 7. The van der Waals surface area contributed by atoms with Gasteiger partial charge in [0, 0.05) is 69.2 Å². The zero-order valence-corrected chi connectivity index (χ0v) is 31.6. The van der Waals surface area contributed by atoms with Crippen LogP contribution in [0.1, 0.15) is 0 Å². The van der Waals surface area contributed by atoms with Crippen LogP contribution in [-0.4, -0.2) is 22.5 Å². The fraction of sp³-hybridized carbons (Fsp3) is 0. The standard InChI is InChI=1S/C13H8Cl4O7P2.C13H10O5.Cl3OP/c14-25(15,19)23-11-5-1-3-9(7-11)21-13(18)22-10-4-2-6-12(8-10)24-26(16,17)20;14-9-3-1-5-11(7-9)17-13(16)18-12-6-2-4-10(15)8-12;1-5(2,3)4/h1-8H;1-8,14-15H;. The predicted molar refractivity (Wildman–Crippen MR) is 187 cm³/mol. The Kier molecular flexibility index (Phi) is 17.1. The van der Waals surface area contributed by atoms with Crippen molar-refractivity contribution in [3.8, 4) is 46.0 Å². The average Bonchev–Trinajstić information content (AvgIpc) is 2.91. The molecule has 0 bridgehead atoms. The molecule has 0 aliphatic carbocycles. The molecule has 0 aromatic heterocycles.